The van der Waals surface area contributed by atoms with Gasteiger partial charge in [0.05, 0.1) is 16.8 Å². The molecule has 0 amide bonds. The number of ether oxygens (including phenoxy) is 1. The van der Waals surface area contributed by atoms with Crippen LogP contribution in [-0.2, 0) is 14.6 Å². The maximum Gasteiger partial charge on any atom is 0.178 e. The van der Waals surface area contributed by atoms with Gasteiger partial charge in [0.25, 0.3) is 0 Å². The molecule has 0 N–H and O–H groups in total. The normalized spacial score (nSPS) is 49.0. The van der Waals surface area contributed by atoms with E-state index in [4.69, 9.17) is 4.74 Å². The van der Waals surface area contributed by atoms with Crippen molar-refractivity contribution in [3.63, 3.8) is 0 Å². The lowest BCUT2D eigenvalue weighted by Crippen LogP contribution is -2.57. The number of rotatable bonds is 5. The second-order valence-electron chi connectivity index (χ2n) is 13.0. The third-order valence-corrected chi connectivity index (χ3v) is 14.1. The molecule has 5 aliphatic carbocycles. The molecule has 1 aromatic carbocycles. The fourth-order valence-electron chi connectivity index (χ4n) is 10.7. The van der Waals surface area contributed by atoms with Gasteiger partial charge in [0.1, 0.15) is 0 Å². The SMILES string of the molecule is COC1C[C@H]2[C@@H]3CC[C@H]([C@H](C)CS(=O)(=O)c4ccccc4)[C@@]3(C)CC[C@@H]2[C@@]2(C)CC[C@@H]3C[C@@]132. The lowest BCUT2D eigenvalue weighted by atomic mass is 9.45. The maximum atomic E-state index is 13.2. The van der Waals surface area contributed by atoms with Crippen LogP contribution in [0, 0.1) is 51.8 Å². The average Bonchev–Trinajstić information content (AvgIpc) is 3.30. The van der Waals surface area contributed by atoms with Gasteiger partial charge >= 0.3 is 0 Å². The van der Waals surface area contributed by atoms with Crippen LogP contribution in [0.4, 0.5) is 0 Å². The fraction of sp³-hybridized carbons (Fsp3) is 0.793. The van der Waals surface area contributed by atoms with Crippen molar-refractivity contribution in [2.75, 3.05) is 12.9 Å². The smallest absolute Gasteiger partial charge is 0.178 e. The molecule has 3 nitrogen and oxygen atoms in total. The Morgan fingerprint density at radius 2 is 1.79 bits per heavy atom. The van der Waals surface area contributed by atoms with E-state index in [9.17, 15) is 8.42 Å². The minimum Gasteiger partial charge on any atom is -0.381 e. The molecule has 0 bridgehead atoms. The van der Waals surface area contributed by atoms with E-state index in [2.05, 4.69) is 20.8 Å². The summed E-state index contributed by atoms with van der Waals surface area (Å²) in [6.07, 6.45) is 11.0. The van der Waals surface area contributed by atoms with E-state index in [-0.39, 0.29) is 17.1 Å². The summed E-state index contributed by atoms with van der Waals surface area (Å²) in [4.78, 5) is 0.480. The van der Waals surface area contributed by atoms with Gasteiger partial charge in [-0.05, 0) is 110 Å². The minimum absolute atomic E-state index is 0.199. The number of methoxy groups -OCH3 is 1. The van der Waals surface area contributed by atoms with Gasteiger partial charge in [-0.1, -0.05) is 39.0 Å². The molecule has 4 heteroatoms. The number of fused-ring (bicyclic) bond motifs is 4. The molecule has 10 atom stereocenters. The quantitative estimate of drug-likeness (QED) is 0.501. The zero-order chi connectivity index (χ0) is 23.2. The van der Waals surface area contributed by atoms with Gasteiger partial charge in [-0.2, -0.15) is 0 Å². The predicted octanol–water partition coefficient (Wildman–Crippen LogP) is 6.38. The van der Waals surface area contributed by atoms with E-state index in [1.807, 2.05) is 25.3 Å². The van der Waals surface area contributed by atoms with Gasteiger partial charge in [0, 0.05) is 12.5 Å². The van der Waals surface area contributed by atoms with Crippen molar-refractivity contribution in [1.29, 1.82) is 0 Å². The Labute approximate surface area is 201 Å². The second-order valence-corrected chi connectivity index (χ2v) is 15.1. The number of hydrogen-bond donors (Lipinski definition) is 0. The summed E-state index contributed by atoms with van der Waals surface area (Å²) >= 11 is 0. The molecule has 1 unspecified atom stereocenters. The molecule has 5 saturated carbocycles. The summed E-state index contributed by atoms with van der Waals surface area (Å²) in [6.45, 7) is 7.37. The first-order valence-electron chi connectivity index (χ1n) is 13.5. The summed E-state index contributed by atoms with van der Waals surface area (Å²) in [5, 5.41) is 0. The summed E-state index contributed by atoms with van der Waals surface area (Å²) in [6, 6.07) is 9.06. The Balaban J connectivity index is 1.25. The Kier molecular flexibility index (Phi) is 5.01. The van der Waals surface area contributed by atoms with Crippen LogP contribution in [0.3, 0.4) is 0 Å². The van der Waals surface area contributed by atoms with Gasteiger partial charge in [0.15, 0.2) is 9.84 Å². The van der Waals surface area contributed by atoms with Crippen molar-refractivity contribution < 1.29 is 13.2 Å². The Bertz CT molecular complexity index is 1020. The molecule has 5 fully saturated rings. The lowest BCUT2D eigenvalue weighted by molar-refractivity contribution is -0.160. The van der Waals surface area contributed by atoms with Gasteiger partial charge in [-0.25, -0.2) is 8.42 Å². The van der Waals surface area contributed by atoms with Crippen molar-refractivity contribution in [2.45, 2.75) is 83.1 Å². The molecular formula is C29H42O3S. The summed E-state index contributed by atoms with van der Waals surface area (Å²) < 4.78 is 32.6. The van der Waals surface area contributed by atoms with Crippen molar-refractivity contribution >= 4 is 9.84 Å². The minimum atomic E-state index is -3.24. The van der Waals surface area contributed by atoms with Crippen LogP contribution in [0.1, 0.15) is 72.1 Å². The Morgan fingerprint density at radius 1 is 1.03 bits per heavy atom. The van der Waals surface area contributed by atoms with Crippen molar-refractivity contribution in [3.05, 3.63) is 30.3 Å². The van der Waals surface area contributed by atoms with Gasteiger partial charge < -0.3 is 4.74 Å². The maximum absolute atomic E-state index is 13.2. The Hall–Kier alpha value is -0.870. The highest BCUT2D eigenvalue weighted by Gasteiger charge is 2.77. The third-order valence-electron chi connectivity index (χ3n) is 12.2. The highest BCUT2D eigenvalue weighted by atomic mass is 32.2. The summed E-state index contributed by atoms with van der Waals surface area (Å²) in [7, 11) is -1.28. The van der Waals surface area contributed by atoms with Gasteiger partial charge in [0.2, 0.25) is 0 Å². The fourth-order valence-corrected chi connectivity index (χ4v) is 12.4. The van der Waals surface area contributed by atoms with E-state index in [1.165, 1.54) is 51.4 Å². The van der Waals surface area contributed by atoms with Gasteiger partial charge in [-0.3, -0.25) is 0 Å². The van der Waals surface area contributed by atoms with Gasteiger partial charge in [-0.15, -0.1) is 0 Å². The molecule has 33 heavy (non-hydrogen) atoms. The first kappa shape index (κ1) is 22.6. The van der Waals surface area contributed by atoms with E-state index in [0.717, 1.165) is 23.7 Å². The van der Waals surface area contributed by atoms with E-state index in [0.29, 0.717) is 27.7 Å². The van der Waals surface area contributed by atoms with E-state index >= 15 is 0 Å². The van der Waals surface area contributed by atoms with Crippen LogP contribution < -0.4 is 0 Å². The molecule has 0 saturated heterocycles. The van der Waals surface area contributed by atoms with E-state index in [1.54, 1.807) is 12.1 Å². The standard InChI is InChI=1S/C29H42O3S/c1-19(18-33(30,31)21-8-6-5-7-9-21)23-10-11-24-22-16-26(32-4)29-17-20(29)12-15-28(29,3)25(22)13-14-27(23,24)2/h5-9,19-20,22-26H,10-18H2,1-4H3/t19-,20-,22+,23-,24+,25+,26?,27-,28-,29+/m1/s1. The van der Waals surface area contributed by atoms with Crippen LogP contribution in [0.15, 0.2) is 35.2 Å². The second kappa shape index (κ2) is 7.32. The predicted molar refractivity (Wildman–Crippen MR) is 131 cm³/mol. The third kappa shape index (κ3) is 2.92. The molecule has 0 radical (unpaired) electrons. The molecule has 5 aliphatic rings. The van der Waals surface area contributed by atoms with Crippen LogP contribution in [0.5, 0.6) is 0 Å². The monoisotopic (exact) mass is 470 g/mol. The van der Waals surface area contributed by atoms with E-state index < -0.39 is 9.84 Å². The number of sulfone groups is 1. The molecule has 1 spiro atoms. The number of benzene rings is 1. The molecule has 1 aromatic rings. The Morgan fingerprint density at radius 3 is 2.48 bits per heavy atom. The zero-order valence-corrected chi connectivity index (χ0v) is 21.7. The summed E-state index contributed by atoms with van der Waals surface area (Å²) in [5.41, 5.74) is 1.21. The van der Waals surface area contributed by atoms with Crippen LogP contribution in [0.25, 0.3) is 0 Å². The topological polar surface area (TPSA) is 43.4 Å². The molecule has 0 aliphatic heterocycles. The largest absolute Gasteiger partial charge is 0.381 e. The highest BCUT2D eigenvalue weighted by Crippen LogP contribution is 2.82. The first-order chi connectivity index (χ1) is 15.7. The zero-order valence-electron chi connectivity index (χ0n) is 20.9. The van der Waals surface area contributed by atoms with Crippen molar-refractivity contribution in [2.24, 2.45) is 51.8 Å². The summed E-state index contributed by atoms with van der Waals surface area (Å²) in [5.74, 6) is 4.23. The van der Waals surface area contributed by atoms with Crippen LogP contribution in [0.2, 0.25) is 0 Å². The first-order valence-corrected chi connectivity index (χ1v) is 15.1. The van der Waals surface area contributed by atoms with Crippen LogP contribution >= 0.6 is 0 Å². The van der Waals surface area contributed by atoms with Crippen LogP contribution in [-0.4, -0.2) is 27.4 Å². The molecular weight excluding hydrogens is 428 g/mol. The lowest BCUT2D eigenvalue weighted by Gasteiger charge is -2.61. The molecule has 0 heterocycles. The number of hydrogen-bond acceptors (Lipinski definition) is 3. The molecule has 0 aromatic heterocycles. The molecule has 6 rings (SSSR count). The van der Waals surface area contributed by atoms with Crippen molar-refractivity contribution in [3.8, 4) is 0 Å². The average molecular weight is 471 g/mol. The highest BCUT2D eigenvalue weighted by molar-refractivity contribution is 7.91. The molecule has 182 valence electrons. The van der Waals surface area contributed by atoms with Crippen molar-refractivity contribution in [1.82, 2.24) is 0 Å².